The fourth-order valence-electron chi connectivity index (χ4n) is 1.96. The third-order valence-electron chi connectivity index (χ3n) is 3.17. The van der Waals surface area contributed by atoms with Gasteiger partial charge >= 0.3 is 11.8 Å². The Labute approximate surface area is 136 Å². The Balaban J connectivity index is 1.84. The molecule has 3 rings (SSSR count). The highest BCUT2D eigenvalue weighted by Crippen LogP contribution is 2.23. The maximum Gasteiger partial charge on any atom is 0.313 e. The number of nitrogens with zero attached hydrogens (tertiary/aromatic N) is 2. The number of carbonyl (C=O) groups is 1. The molecule has 1 N–H and O–H groups in total. The Morgan fingerprint density at radius 2 is 2.00 bits per heavy atom. The van der Waals surface area contributed by atoms with Crippen LogP contribution < -0.4 is 5.32 Å². The fraction of sp³-hybridized carbons (Fsp3) is 0.0625. The first-order chi connectivity index (χ1) is 11.0. The zero-order valence-electron chi connectivity index (χ0n) is 12.0. The van der Waals surface area contributed by atoms with Crippen molar-refractivity contribution in [2.24, 2.45) is 0 Å². The summed E-state index contributed by atoms with van der Waals surface area (Å²) in [4.78, 5) is 12.2. The second-order valence-electron chi connectivity index (χ2n) is 4.81. The Hall–Kier alpha value is -2.73. The molecule has 0 saturated carbocycles. The Kier molecular flexibility index (Phi) is 4.08. The van der Waals surface area contributed by atoms with E-state index in [0.717, 1.165) is 5.56 Å². The minimum atomic E-state index is -0.592. The average molecular weight is 332 g/mol. The highest BCUT2D eigenvalue weighted by atomic mass is 35.5. The molecule has 23 heavy (non-hydrogen) atoms. The molecular weight excluding hydrogens is 321 g/mol. The van der Waals surface area contributed by atoms with Crippen LogP contribution in [0.4, 0.5) is 10.1 Å². The van der Waals surface area contributed by atoms with Gasteiger partial charge in [0.2, 0.25) is 0 Å². The minimum absolute atomic E-state index is 0.0592. The molecule has 0 aliphatic rings. The molecule has 0 fully saturated rings. The molecule has 1 aromatic heterocycles. The van der Waals surface area contributed by atoms with Gasteiger partial charge in [-0.2, -0.15) is 0 Å². The Bertz CT molecular complexity index is 879. The number of aryl methyl sites for hydroxylation is 1. The molecule has 0 unspecified atom stereocenters. The standard InChI is InChI=1S/C16H11ClFN3O2/c1-9-6-7-10(17)8-13(9)19-14(22)16-21-20-15(23-16)11-4-2-3-5-12(11)18/h2-8H,1H3,(H,19,22). The summed E-state index contributed by atoms with van der Waals surface area (Å²) in [7, 11) is 0. The van der Waals surface area contributed by atoms with Gasteiger partial charge < -0.3 is 9.73 Å². The molecule has 116 valence electrons. The largest absolute Gasteiger partial charge is 0.412 e. The van der Waals surface area contributed by atoms with Crippen molar-refractivity contribution < 1.29 is 13.6 Å². The normalized spacial score (nSPS) is 10.6. The van der Waals surface area contributed by atoms with E-state index in [2.05, 4.69) is 15.5 Å². The summed E-state index contributed by atoms with van der Waals surface area (Å²) in [6.07, 6.45) is 0. The zero-order chi connectivity index (χ0) is 16.4. The minimum Gasteiger partial charge on any atom is -0.412 e. The van der Waals surface area contributed by atoms with E-state index in [1.54, 1.807) is 30.3 Å². The molecule has 7 heteroatoms. The van der Waals surface area contributed by atoms with Gasteiger partial charge in [0.1, 0.15) is 5.82 Å². The first kappa shape index (κ1) is 15.2. The van der Waals surface area contributed by atoms with Crippen molar-refractivity contribution >= 4 is 23.2 Å². The van der Waals surface area contributed by atoms with Gasteiger partial charge in [-0.3, -0.25) is 4.79 Å². The summed E-state index contributed by atoms with van der Waals surface area (Å²) >= 11 is 5.90. The van der Waals surface area contributed by atoms with E-state index in [9.17, 15) is 9.18 Å². The summed E-state index contributed by atoms with van der Waals surface area (Å²) in [5.74, 6) is -1.42. The molecule has 0 saturated heterocycles. The van der Waals surface area contributed by atoms with Crippen molar-refractivity contribution in [2.75, 3.05) is 5.32 Å². The van der Waals surface area contributed by atoms with E-state index in [0.29, 0.717) is 10.7 Å². The Morgan fingerprint density at radius 1 is 1.22 bits per heavy atom. The first-order valence-electron chi connectivity index (χ1n) is 6.70. The predicted molar refractivity (Wildman–Crippen MR) is 83.8 cm³/mol. The fourth-order valence-corrected chi connectivity index (χ4v) is 2.14. The number of hydrogen-bond acceptors (Lipinski definition) is 4. The van der Waals surface area contributed by atoms with Crippen LogP contribution in [0.2, 0.25) is 5.02 Å². The van der Waals surface area contributed by atoms with Gasteiger partial charge in [-0.25, -0.2) is 4.39 Å². The molecule has 0 aliphatic heterocycles. The monoisotopic (exact) mass is 331 g/mol. The summed E-state index contributed by atoms with van der Waals surface area (Å²) < 4.78 is 18.9. The molecule has 3 aromatic rings. The highest BCUT2D eigenvalue weighted by molar-refractivity contribution is 6.31. The summed E-state index contributed by atoms with van der Waals surface area (Å²) in [6, 6.07) is 11.1. The number of halogens is 2. The SMILES string of the molecule is Cc1ccc(Cl)cc1NC(=O)c1nnc(-c2ccccc2F)o1. The van der Waals surface area contributed by atoms with Crippen molar-refractivity contribution in [3.8, 4) is 11.5 Å². The van der Waals surface area contributed by atoms with Gasteiger partial charge in [-0.05, 0) is 36.8 Å². The molecule has 2 aromatic carbocycles. The molecule has 1 heterocycles. The number of nitrogens with one attached hydrogen (secondary N) is 1. The predicted octanol–water partition coefficient (Wildman–Crippen LogP) is 4.09. The van der Waals surface area contributed by atoms with Crippen LogP contribution in [-0.2, 0) is 0 Å². The molecule has 0 radical (unpaired) electrons. The lowest BCUT2D eigenvalue weighted by molar-refractivity contribution is 0.0990. The van der Waals surface area contributed by atoms with Crippen molar-refractivity contribution in [1.82, 2.24) is 10.2 Å². The highest BCUT2D eigenvalue weighted by Gasteiger charge is 2.18. The van der Waals surface area contributed by atoms with Crippen LogP contribution in [-0.4, -0.2) is 16.1 Å². The second-order valence-corrected chi connectivity index (χ2v) is 5.24. The average Bonchev–Trinajstić information content (AvgIpc) is 3.01. The number of hydrogen-bond donors (Lipinski definition) is 1. The van der Waals surface area contributed by atoms with Gasteiger partial charge in [0.15, 0.2) is 0 Å². The van der Waals surface area contributed by atoms with Gasteiger partial charge in [0.05, 0.1) is 5.56 Å². The van der Waals surface area contributed by atoms with Crippen LogP contribution in [0, 0.1) is 12.7 Å². The lowest BCUT2D eigenvalue weighted by Crippen LogP contribution is -2.13. The summed E-state index contributed by atoms with van der Waals surface area (Å²) in [5, 5.41) is 10.5. The number of amides is 1. The van der Waals surface area contributed by atoms with E-state index in [4.69, 9.17) is 16.0 Å². The van der Waals surface area contributed by atoms with E-state index >= 15 is 0 Å². The third kappa shape index (κ3) is 3.22. The maximum atomic E-state index is 13.7. The third-order valence-corrected chi connectivity index (χ3v) is 3.41. The lowest BCUT2D eigenvalue weighted by Gasteiger charge is -2.06. The van der Waals surface area contributed by atoms with Crippen molar-refractivity contribution in [1.29, 1.82) is 0 Å². The Morgan fingerprint density at radius 3 is 2.78 bits per heavy atom. The molecule has 0 spiro atoms. The summed E-state index contributed by atoms with van der Waals surface area (Å²) in [6.45, 7) is 1.82. The van der Waals surface area contributed by atoms with Gasteiger partial charge in [-0.1, -0.05) is 29.8 Å². The van der Waals surface area contributed by atoms with E-state index in [-0.39, 0.29) is 17.3 Å². The topological polar surface area (TPSA) is 68.0 Å². The first-order valence-corrected chi connectivity index (χ1v) is 7.08. The number of aromatic nitrogens is 2. The van der Waals surface area contributed by atoms with Gasteiger partial charge in [-0.15, -0.1) is 10.2 Å². The van der Waals surface area contributed by atoms with Crippen LogP contribution in [0.15, 0.2) is 46.9 Å². The van der Waals surface area contributed by atoms with Crippen LogP contribution in [0.25, 0.3) is 11.5 Å². The van der Waals surface area contributed by atoms with Gasteiger partial charge in [0, 0.05) is 10.7 Å². The van der Waals surface area contributed by atoms with Crippen molar-refractivity contribution in [3.63, 3.8) is 0 Å². The number of rotatable bonds is 3. The summed E-state index contributed by atoms with van der Waals surface area (Å²) in [5.41, 5.74) is 1.50. The lowest BCUT2D eigenvalue weighted by atomic mass is 10.2. The van der Waals surface area contributed by atoms with E-state index in [1.807, 2.05) is 6.92 Å². The van der Waals surface area contributed by atoms with E-state index in [1.165, 1.54) is 12.1 Å². The smallest absolute Gasteiger partial charge is 0.313 e. The van der Waals surface area contributed by atoms with Crippen LogP contribution in [0.3, 0.4) is 0 Å². The molecule has 5 nitrogen and oxygen atoms in total. The molecule has 0 bridgehead atoms. The van der Waals surface area contributed by atoms with Gasteiger partial charge in [0.25, 0.3) is 5.89 Å². The van der Waals surface area contributed by atoms with Crippen LogP contribution >= 0.6 is 11.6 Å². The second kappa shape index (κ2) is 6.18. The molecule has 0 aliphatic carbocycles. The van der Waals surface area contributed by atoms with Crippen molar-refractivity contribution in [2.45, 2.75) is 6.92 Å². The van der Waals surface area contributed by atoms with E-state index < -0.39 is 11.7 Å². The number of carbonyl (C=O) groups excluding carboxylic acids is 1. The molecule has 1 amide bonds. The maximum absolute atomic E-state index is 13.7. The molecule has 0 atom stereocenters. The van der Waals surface area contributed by atoms with Crippen molar-refractivity contribution in [3.05, 3.63) is 64.8 Å². The number of anilines is 1. The molecular formula is C16H11ClFN3O2. The quantitative estimate of drug-likeness (QED) is 0.785. The van der Waals surface area contributed by atoms with Crippen LogP contribution in [0.5, 0.6) is 0 Å². The zero-order valence-corrected chi connectivity index (χ0v) is 12.8. The van der Waals surface area contributed by atoms with Crippen LogP contribution in [0.1, 0.15) is 16.2 Å². The number of benzene rings is 2.